The van der Waals surface area contributed by atoms with Crippen molar-refractivity contribution in [3.63, 3.8) is 0 Å². The molecule has 0 radical (unpaired) electrons. The van der Waals surface area contributed by atoms with Crippen molar-refractivity contribution in [2.45, 2.75) is 57.2 Å². The highest BCUT2D eigenvalue weighted by Gasteiger charge is 2.33. The van der Waals surface area contributed by atoms with Gasteiger partial charge in [0, 0.05) is 13.2 Å². The van der Waals surface area contributed by atoms with Crippen LogP contribution in [0.2, 0.25) is 0 Å². The van der Waals surface area contributed by atoms with Crippen LogP contribution in [-0.2, 0) is 9.47 Å². The first-order valence-electron chi connectivity index (χ1n) is 6.86. The molecule has 0 aromatic heterocycles. The molecule has 0 saturated carbocycles. The van der Waals surface area contributed by atoms with Crippen LogP contribution in [0, 0.1) is 0 Å². The lowest BCUT2D eigenvalue weighted by Crippen LogP contribution is -2.57. The number of rotatable bonds is 3. The third kappa shape index (κ3) is 3.59. The van der Waals surface area contributed by atoms with E-state index in [0.29, 0.717) is 6.61 Å². The van der Waals surface area contributed by atoms with Crippen molar-refractivity contribution in [2.75, 3.05) is 19.8 Å². The highest BCUT2D eigenvalue weighted by Crippen LogP contribution is 2.23. The van der Waals surface area contributed by atoms with Gasteiger partial charge in [-0.1, -0.05) is 0 Å². The molecule has 2 heterocycles. The molecule has 2 fully saturated rings. The van der Waals surface area contributed by atoms with Crippen LogP contribution in [0.15, 0.2) is 0 Å². The van der Waals surface area contributed by atoms with Gasteiger partial charge in [0.1, 0.15) is 0 Å². The third-order valence-corrected chi connectivity index (χ3v) is 3.69. The number of hydrogen-bond donors (Lipinski definition) is 2. The van der Waals surface area contributed by atoms with Crippen molar-refractivity contribution in [3.8, 4) is 0 Å². The van der Waals surface area contributed by atoms with Crippen molar-refractivity contribution in [1.82, 2.24) is 10.6 Å². The standard InChI is InChI=1S/C13H24N2O3/c1-13(2,11-5-3-4-7-18-11)15-12(16)14-10-6-8-17-9-10/h10-11H,3-9H2,1-2H3,(H2,14,15,16)/t10-,11?/m1/s1. The van der Waals surface area contributed by atoms with Gasteiger partial charge in [-0.2, -0.15) is 0 Å². The summed E-state index contributed by atoms with van der Waals surface area (Å²) in [7, 11) is 0. The topological polar surface area (TPSA) is 59.6 Å². The summed E-state index contributed by atoms with van der Waals surface area (Å²) in [6.07, 6.45) is 4.32. The Morgan fingerprint density at radius 2 is 2.06 bits per heavy atom. The predicted molar refractivity (Wildman–Crippen MR) is 68.6 cm³/mol. The Balaban J connectivity index is 1.80. The van der Waals surface area contributed by atoms with Crippen molar-refractivity contribution >= 4 is 6.03 Å². The highest BCUT2D eigenvalue weighted by molar-refractivity contribution is 5.75. The molecule has 2 aliphatic rings. The zero-order chi connectivity index (χ0) is 13.0. The molecule has 0 aliphatic carbocycles. The Morgan fingerprint density at radius 1 is 1.22 bits per heavy atom. The lowest BCUT2D eigenvalue weighted by Gasteiger charge is -2.37. The summed E-state index contributed by atoms with van der Waals surface area (Å²) in [5, 5.41) is 5.97. The molecule has 0 aromatic rings. The molecule has 2 amide bonds. The van der Waals surface area contributed by atoms with Crippen LogP contribution in [-0.4, -0.2) is 43.5 Å². The number of ether oxygens (including phenoxy) is 2. The number of carbonyl (C=O) groups excluding carboxylic acids is 1. The Morgan fingerprint density at radius 3 is 2.67 bits per heavy atom. The molecule has 2 saturated heterocycles. The van der Waals surface area contributed by atoms with Crippen LogP contribution in [0.25, 0.3) is 0 Å². The molecule has 0 bridgehead atoms. The number of urea groups is 1. The molecule has 5 nitrogen and oxygen atoms in total. The SMILES string of the molecule is CC(C)(NC(=O)N[C@@H]1CCOC1)C1CCCCO1. The zero-order valence-electron chi connectivity index (χ0n) is 11.3. The second-order valence-electron chi connectivity index (χ2n) is 5.74. The van der Waals surface area contributed by atoms with E-state index in [1.165, 1.54) is 6.42 Å². The summed E-state index contributed by atoms with van der Waals surface area (Å²) in [5.74, 6) is 0. The summed E-state index contributed by atoms with van der Waals surface area (Å²) < 4.78 is 11.0. The molecule has 2 atom stereocenters. The maximum absolute atomic E-state index is 11.9. The van der Waals surface area contributed by atoms with Crippen LogP contribution < -0.4 is 10.6 Å². The minimum atomic E-state index is -0.329. The second kappa shape index (κ2) is 5.89. The number of amides is 2. The summed E-state index contributed by atoms with van der Waals surface area (Å²) >= 11 is 0. The Kier molecular flexibility index (Phi) is 4.45. The van der Waals surface area contributed by atoms with Gasteiger partial charge in [-0.3, -0.25) is 0 Å². The minimum Gasteiger partial charge on any atom is -0.379 e. The molecule has 18 heavy (non-hydrogen) atoms. The summed E-state index contributed by atoms with van der Waals surface area (Å²) in [4.78, 5) is 11.9. The lowest BCUT2D eigenvalue weighted by molar-refractivity contribution is -0.0303. The molecule has 104 valence electrons. The molecular weight excluding hydrogens is 232 g/mol. The van der Waals surface area contributed by atoms with E-state index >= 15 is 0 Å². The lowest BCUT2D eigenvalue weighted by atomic mass is 9.91. The van der Waals surface area contributed by atoms with Crippen molar-refractivity contribution < 1.29 is 14.3 Å². The van der Waals surface area contributed by atoms with Crippen LogP contribution in [0.1, 0.15) is 39.5 Å². The van der Waals surface area contributed by atoms with E-state index in [-0.39, 0.29) is 23.7 Å². The first kappa shape index (κ1) is 13.6. The van der Waals surface area contributed by atoms with E-state index in [0.717, 1.165) is 32.5 Å². The van der Waals surface area contributed by atoms with Gasteiger partial charge in [0.15, 0.2) is 0 Å². The van der Waals surface area contributed by atoms with Crippen molar-refractivity contribution in [2.24, 2.45) is 0 Å². The maximum atomic E-state index is 11.9. The monoisotopic (exact) mass is 256 g/mol. The third-order valence-electron chi connectivity index (χ3n) is 3.69. The predicted octanol–water partition coefficient (Wildman–Crippen LogP) is 1.42. The molecule has 2 rings (SSSR count). The number of carbonyl (C=O) groups is 1. The van der Waals surface area contributed by atoms with E-state index in [2.05, 4.69) is 10.6 Å². The second-order valence-corrected chi connectivity index (χ2v) is 5.74. The fraction of sp³-hybridized carbons (Fsp3) is 0.923. The Hall–Kier alpha value is -0.810. The van der Waals surface area contributed by atoms with E-state index in [1.54, 1.807) is 0 Å². The highest BCUT2D eigenvalue weighted by atomic mass is 16.5. The molecule has 2 aliphatic heterocycles. The molecule has 0 aromatic carbocycles. The fourth-order valence-corrected chi connectivity index (χ4v) is 2.55. The molecule has 5 heteroatoms. The smallest absolute Gasteiger partial charge is 0.315 e. The summed E-state index contributed by atoms with van der Waals surface area (Å²) in [5.41, 5.74) is -0.329. The molecule has 1 unspecified atom stereocenters. The molecular formula is C13H24N2O3. The summed E-state index contributed by atoms with van der Waals surface area (Å²) in [6, 6.07) is 0.0257. The van der Waals surface area contributed by atoms with Gasteiger partial charge in [0.2, 0.25) is 0 Å². The van der Waals surface area contributed by atoms with Crippen molar-refractivity contribution in [3.05, 3.63) is 0 Å². The van der Waals surface area contributed by atoms with Gasteiger partial charge >= 0.3 is 6.03 Å². The van der Waals surface area contributed by atoms with E-state index in [9.17, 15) is 4.79 Å². The van der Waals surface area contributed by atoms with Crippen LogP contribution in [0.4, 0.5) is 4.79 Å². The molecule has 2 N–H and O–H groups in total. The van der Waals surface area contributed by atoms with Gasteiger partial charge < -0.3 is 20.1 Å². The van der Waals surface area contributed by atoms with Gasteiger partial charge in [-0.25, -0.2) is 4.79 Å². The number of hydrogen-bond acceptors (Lipinski definition) is 3. The van der Waals surface area contributed by atoms with E-state index < -0.39 is 0 Å². The van der Waals surface area contributed by atoms with Crippen LogP contribution in [0.3, 0.4) is 0 Å². The van der Waals surface area contributed by atoms with Crippen LogP contribution in [0.5, 0.6) is 0 Å². The van der Waals surface area contributed by atoms with Gasteiger partial charge in [-0.15, -0.1) is 0 Å². The van der Waals surface area contributed by atoms with Gasteiger partial charge in [0.25, 0.3) is 0 Å². The Bertz CT molecular complexity index is 282. The van der Waals surface area contributed by atoms with E-state index in [1.807, 2.05) is 13.8 Å². The fourth-order valence-electron chi connectivity index (χ4n) is 2.55. The first-order chi connectivity index (χ1) is 8.58. The van der Waals surface area contributed by atoms with Gasteiger partial charge in [-0.05, 0) is 39.5 Å². The van der Waals surface area contributed by atoms with Crippen molar-refractivity contribution in [1.29, 1.82) is 0 Å². The normalized spacial score (nSPS) is 29.0. The number of nitrogens with one attached hydrogen (secondary N) is 2. The van der Waals surface area contributed by atoms with Crippen LogP contribution >= 0.6 is 0 Å². The average Bonchev–Trinajstić information content (AvgIpc) is 2.82. The maximum Gasteiger partial charge on any atom is 0.315 e. The first-order valence-corrected chi connectivity index (χ1v) is 6.86. The average molecular weight is 256 g/mol. The van der Waals surface area contributed by atoms with Gasteiger partial charge in [0.05, 0.1) is 24.3 Å². The molecule has 0 spiro atoms. The Labute approximate surface area is 109 Å². The quantitative estimate of drug-likeness (QED) is 0.803. The largest absolute Gasteiger partial charge is 0.379 e. The van der Waals surface area contributed by atoms with E-state index in [4.69, 9.17) is 9.47 Å². The zero-order valence-corrected chi connectivity index (χ0v) is 11.3. The summed E-state index contributed by atoms with van der Waals surface area (Å²) in [6.45, 7) is 6.20. The minimum absolute atomic E-state index is 0.108.